The quantitative estimate of drug-likeness (QED) is 0.782. The largest absolute Gasteiger partial charge is 0.453 e. The summed E-state index contributed by atoms with van der Waals surface area (Å²) < 4.78 is 39.6. The Morgan fingerprint density at radius 3 is 2.60 bits per heavy atom. The lowest BCUT2D eigenvalue weighted by molar-refractivity contribution is -0.144. The van der Waals surface area contributed by atoms with Crippen LogP contribution in [0.2, 0.25) is 0 Å². The van der Waals surface area contributed by atoms with Crippen LogP contribution in [0.5, 0.6) is 0 Å². The first-order valence-electron chi connectivity index (χ1n) is 7.38. The molecule has 0 saturated carbocycles. The van der Waals surface area contributed by atoms with E-state index in [9.17, 15) is 13.2 Å². The molecule has 0 unspecified atom stereocenters. The number of hydrogen-bond donors (Lipinski definition) is 1. The van der Waals surface area contributed by atoms with Gasteiger partial charge in [0.25, 0.3) is 11.6 Å². The number of fused-ring (bicyclic) bond motifs is 1. The van der Waals surface area contributed by atoms with Crippen molar-refractivity contribution < 1.29 is 13.2 Å². The van der Waals surface area contributed by atoms with Gasteiger partial charge in [0.2, 0.25) is 0 Å². The zero-order valence-corrected chi connectivity index (χ0v) is 13.1. The first-order valence-corrected chi connectivity index (χ1v) is 7.38. The van der Waals surface area contributed by atoms with E-state index in [0.717, 1.165) is 10.1 Å². The molecule has 1 atom stereocenters. The normalized spacial score (nSPS) is 12.8. The second kappa shape index (κ2) is 6.39. The molecular weight excluding hydrogens is 333 g/mol. The molecule has 3 aromatic rings. The van der Waals surface area contributed by atoms with Gasteiger partial charge in [-0.3, -0.25) is 0 Å². The Kier molecular flexibility index (Phi) is 4.27. The summed E-state index contributed by atoms with van der Waals surface area (Å²) in [6, 6.07) is 12.4. The number of nitrogens with one attached hydrogen (secondary N) is 1. The van der Waals surface area contributed by atoms with Crippen molar-refractivity contribution in [2.24, 2.45) is 0 Å². The predicted molar refractivity (Wildman–Crippen MR) is 83.6 cm³/mol. The average molecular weight is 346 g/mol. The molecule has 0 saturated heterocycles. The highest BCUT2D eigenvalue weighted by molar-refractivity contribution is 5.47. The maximum atomic E-state index is 12.9. The van der Waals surface area contributed by atoms with Gasteiger partial charge in [0.1, 0.15) is 5.82 Å². The van der Waals surface area contributed by atoms with Gasteiger partial charge in [0.05, 0.1) is 18.5 Å². The van der Waals surface area contributed by atoms with Gasteiger partial charge in [0, 0.05) is 11.8 Å². The van der Waals surface area contributed by atoms with Crippen LogP contribution in [0.25, 0.3) is 5.78 Å². The minimum Gasteiger partial charge on any atom is -0.362 e. The van der Waals surface area contributed by atoms with Gasteiger partial charge >= 0.3 is 6.18 Å². The third-order valence-electron chi connectivity index (χ3n) is 3.51. The molecule has 2 heterocycles. The number of aryl methyl sites for hydroxylation is 1. The molecule has 25 heavy (non-hydrogen) atoms. The minimum absolute atomic E-state index is 0.133. The first-order chi connectivity index (χ1) is 11.9. The molecule has 0 spiro atoms. The third-order valence-corrected chi connectivity index (χ3v) is 3.51. The van der Waals surface area contributed by atoms with Gasteiger partial charge in [0.15, 0.2) is 0 Å². The van der Waals surface area contributed by atoms with E-state index in [1.807, 2.05) is 30.3 Å². The Hall–Kier alpha value is -3.15. The number of halogens is 3. The van der Waals surface area contributed by atoms with Gasteiger partial charge in [-0.05, 0) is 12.5 Å². The smallest absolute Gasteiger partial charge is 0.362 e. The topological polar surface area (TPSA) is 78.9 Å². The van der Waals surface area contributed by atoms with Crippen molar-refractivity contribution in [1.29, 1.82) is 5.26 Å². The Bertz CT molecular complexity index is 927. The Balaban J connectivity index is 2.05. The van der Waals surface area contributed by atoms with Gasteiger partial charge in [-0.2, -0.15) is 27.9 Å². The molecule has 0 fully saturated rings. The van der Waals surface area contributed by atoms with E-state index in [4.69, 9.17) is 5.26 Å². The maximum Gasteiger partial charge on any atom is 0.453 e. The number of benzene rings is 1. The lowest BCUT2D eigenvalue weighted by Crippen LogP contribution is -2.14. The van der Waals surface area contributed by atoms with Crippen LogP contribution in [0.4, 0.5) is 19.0 Å². The Morgan fingerprint density at radius 2 is 1.96 bits per heavy atom. The molecular formula is C16H13F3N6. The van der Waals surface area contributed by atoms with Crippen molar-refractivity contribution in [3.63, 3.8) is 0 Å². The van der Waals surface area contributed by atoms with Crippen molar-refractivity contribution in [3.8, 4) is 6.07 Å². The highest BCUT2D eigenvalue weighted by atomic mass is 19.4. The number of aromatic nitrogens is 4. The second-order valence-corrected chi connectivity index (χ2v) is 5.40. The summed E-state index contributed by atoms with van der Waals surface area (Å²) in [5.41, 5.74) is 1.32. The SMILES string of the molecule is Cc1cc(N[C@@H](CC#N)c2ccccc2)n2nc(C(F)(F)F)nc2n1. The number of nitriles is 1. The Labute approximate surface area is 140 Å². The van der Waals surface area contributed by atoms with E-state index >= 15 is 0 Å². The minimum atomic E-state index is -4.66. The summed E-state index contributed by atoms with van der Waals surface area (Å²) in [7, 11) is 0. The molecule has 2 aromatic heterocycles. The van der Waals surface area contributed by atoms with Crippen LogP contribution >= 0.6 is 0 Å². The summed E-state index contributed by atoms with van der Waals surface area (Å²) in [6.45, 7) is 1.65. The maximum absolute atomic E-state index is 12.9. The summed E-state index contributed by atoms with van der Waals surface area (Å²) >= 11 is 0. The number of alkyl halides is 3. The zero-order chi connectivity index (χ0) is 18.0. The summed E-state index contributed by atoms with van der Waals surface area (Å²) in [6.07, 6.45) is -4.53. The summed E-state index contributed by atoms with van der Waals surface area (Å²) in [5, 5.41) is 15.6. The lowest BCUT2D eigenvalue weighted by atomic mass is 10.0. The van der Waals surface area contributed by atoms with Crippen LogP contribution in [0.1, 0.15) is 29.5 Å². The molecule has 0 amide bonds. The average Bonchev–Trinajstić information content (AvgIpc) is 2.99. The number of nitrogens with zero attached hydrogens (tertiary/aromatic N) is 5. The van der Waals surface area contributed by atoms with Crippen molar-refractivity contribution in [2.45, 2.75) is 25.6 Å². The van der Waals surface area contributed by atoms with Crippen molar-refractivity contribution in [2.75, 3.05) is 5.32 Å². The monoisotopic (exact) mass is 346 g/mol. The van der Waals surface area contributed by atoms with Crippen LogP contribution in [0.15, 0.2) is 36.4 Å². The molecule has 0 bridgehead atoms. The van der Waals surface area contributed by atoms with E-state index in [2.05, 4.69) is 26.5 Å². The first kappa shape index (κ1) is 16.7. The molecule has 0 aliphatic rings. The van der Waals surface area contributed by atoms with Gasteiger partial charge in [-0.25, -0.2) is 4.98 Å². The third kappa shape index (κ3) is 3.52. The van der Waals surface area contributed by atoms with E-state index in [1.54, 1.807) is 13.0 Å². The molecule has 0 aliphatic heterocycles. The van der Waals surface area contributed by atoms with E-state index < -0.39 is 18.0 Å². The van der Waals surface area contributed by atoms with Crippen molar-refractivity contribution in [1.82, 2.24) is 19.6 Å². The van der Waals surface area contributed by atoms with E-state index in [0.29, 0.717) is 5.69 Å². The fourth-order valence-corrected chi connectivity index (χ4v) is 2.42. The van der Waals surface area contributed by atoms with Crippen LogP contribution in [-0.4, -0.2) is 19.6 Å². The number of anilines is 1. The Morgan fingerprint density at radius 1 is 1.24 bits per heavy atom. The van der Waals surface area contributed by atoms with Gasteiger partial charge < -0.3 is 5.32 Å². The van der Waals surface area contributed by atoms with E-state index in [-0.39, 0.29) is 18.0 Å². The van der Waals surface area contributed by atoms with Crippen LogP contribution in [-0.2, 0) is 6.18 Å². The van der Waals surface area contributed by atoms with Crippen molar-refractivity contribution in [3.05, 3.63) is 53.5 Å². The standard InChI is InChI=1S/C16H13F3N6/c1-10-9-13(22-12(7-8-20)11-5-3-2-4-6-11)25-15(21-10)23-14(24-25)16(17,18)19/h2-6,9,12,22H,7H2,1H3/t12-/m0/s1. The molecule has 9 heteroatoms. The number of hydrogen-bond acceptors (Lipinski definition) is 5. The fourth-order valence-electron chi connectivity index (χ4n) is 2.42. The van der Waals surface area contributed by atoms with Gasteiger partial charge in [-0.1, -0.05) is 30.3 Å². The van der Waals surface area contributed by atoms with Crippen molar-refractivity contribution >= 4 is 11.6 Å². The summed E-state index contributed by atoms with van der Waals surface area (Å²) in [5.74, 6) is -1.13. The molecule has 3 rings (SSSR count). The molecule has 1 N–H and O–H groups in total. The molecule has 0 radical (unpaired) electrons. The van der Waals surface area contributed by atoms with E-state index in [1.165, 1.54) is 0 Å². The second-order valence-electron chi connectivity index (χ2n) is 5.40. The molecule has 128 valence electrons. The predicted octanol–water partition coefficient (Wildman–Crippen LogP) is 3.52. The number of rotatable bonds is 4. The molecule has 6 nitrogen and oxygen atoms in total. The highest BCUT2D eigenvalue weighted by Crippen LogP contribution is 2.28. The molecule has 1 aromatic carbocycles. The highest BCUT2D eigenvalue weighted by Gasteiger charge is 2.37. The van der Waals surface area contributed by atoms with Crippen LogP contribution in [0.3, 0.4) is 0 Å². The lowest BCUT2D eigenvalue weighted by Gasteiger charge is -2.18. The molecule has 0 aliphatic carbocycles. The fraction of sp³-hybridized carbons (Fsp3) is 0.250. The van der Waals surface area contributed by atoms with Crippen LogP contribution < -0.4 is 5.32 Å². The zero-order valence-electron chi connectivity index (χ0n) is 13.1. The summed E-state index contributed by atoms with van der Waals surface area (Å²) in [4.78, 5) is 7.42. The van der Waals surface area contributed by atoms with Gasteiger partial charge in [-0.15, -0.1) is 5.10 Å². The van der Waals surface area contributed by atoms with Crippen LogP contribution in [0, 0.1) is 18.3 Å².